The molecule has 8 nitrogen and oxygen atoms in total. The predicted molar refractivity (Wildman–Crippen MR) is 109 cm³/mol. The van der Waals surface area contributed by atoms with Gasteiger partial charge in [-0.3, -0.25) is 4.79 Å². The molecule has 1 aliphatic rings. The van der Waals surface area contributed by atoms with E-state index in [-0.39, 0.29) is 17.9 Å². The molecule has 1 aromatic carbocycles. The first kappa shape index (κ1) is 19.7. The first-order valence-electron chi connectivity index (χ1n) is 9.67. The average molecular weight is 413 g/mol. The summed E-state index contributed by atoms with van der Waals surface area (Å²) in [5.74, 6) is 0.104. The number of carbonyl (C=O) groups excluding carboxylic acids is 1. The van der Waals surface area contributed by atoms with Crippen LogP contribution < -0.4 is 0 Å². The topological polar surface area (TPSA) is 97.0 Å². The van der Waals surface area contributed by atoms with Gasteiger partial charge in [0.05, 0.1) is 21.7 Å². The van der Waals surface area contributed by atoms with E-state index >= 15 is 0 Å². The van der Waals surface area contributed by atoms with Gasteiger partial charge >= 0.3 is 0 Å². The van der Waals surface area contributed by atoms with Gasteiger partial charge in [0.15, 0.2) is 6.33 Å². The normalized spacial score (nSPS) is 20.1. The van der Waals surface area contributed by atoms with Crippen molar-refractivity contribution in [3.63, 3.8) is 0 Å². The smallest absolute Gasteiger partial charge is 0.256 e. The summed E-state index contributed by atoms with van der Waals surface area (Å²) < 4.78 is 4.57. The highest BCUT2D eigenvalue weighted by molar-refractivity contribution is 7.06. The SMILES string of the molecule is C[C@@H]1CC[C@@H](c2cc(C(C)(C)O)sn2)CN1C(=O)c1ccccc1-n1ncnn1. The second-order valence-corrected chi connectivity index (χ2v) is 8.80. The van der Waals surface area contributed by atoms with Crippen molar-refractivity contribution >= 4 is 17.4 Å². The van der Waals surface area contributed by atoms with Crippen LogP contribution in [0.5, 0.6) is 0 Å². The summed E-state index contributed by atoms with van der Waals surface area (Å²) in [6.45, 7) is 6.19. The lowest BCUT2D eigenvalue weighted by Gasteiger charge is -2.37. The van der Waals surface area contributed by atoms with E-state index in [1.54, 1.807) is 19.9 Å². The van der Waals surface area contributed by atoms with Crippen LogP contribution in [0, 0.1) is 0 Å². The van der Waals surface area contributed by atoms with Crippen molar-refractivity contribution in [2.45, 2.75) is 51.2 Å². The Bertz CT molecular complexity index is 995. The van der Waals surface area contributed by atoms with Gasteiger partial charge in [0.1, 0.15) is 5.69 Å². The summed E-state index contributed by atoms with van der Waals surface area (Å²) in [5, 5.41) is 22.0. The quantitative estimate of drug-likeness (QED) is 0.708. The van der Waals surface area contributed by atoms with Crippen molar-refractivity contribution in [3.05, 3.63) is 52.8 Å². The number of nitrogens with zero attached hydrogens (tertiary/aromatic N) is 6. The zero-order valence-corrected chi connectivity index (χ0v) is 17.5. The molecule has 3 aromatic rings. The minimum Gasteiger partial charge on any atom is -0.385 e. The van der Waals surface area contributed by atoms with E-state index in [1.165, 1.54) is 22.7 Å². The van der Waals surface area contributed by atoms with Gasteiger partial charge in [-0.05, 0) is 68.6 Å². The third-order valence-electron chi connectivity index (χ3n) is 5.39. The maximum absolute atomic E-state index is 13.4. The monoisotopic (exact) mass is 412 g/mol. The zero-order valence-electron chi connectivity index (χ0n) is 16.7. The third-order valence-corrected chi connectivity index (χ3v) is 6.51. The van der Waals surface area contributed by atoms with Crippen LogP contribution in [0.3, 0.4) is 0 Å². The summed E-state index contributed by atoms with van der Waals surface area (Å²) in [7, 11) is 0. The van der Waals surface area contributed by atoms with Crippen LogP contribution in [0.25, 0.3) is 5.69 Å². The van der Waals surface area contributed by atoms with E-state index in [9.17, 15) is 9.90 Å². The molecule has 0 aliphatic carbocycles. The van der Waals surface area contributed by atoms with E-state index in [2.05, 4.69) is 26.7 Å². The van der Waals surface area contributed by atoms with E-state index < -0.39 is 5.60 Å². The number of tetrazole rings is 1. The first-order chi connectivity index (χ1) is 13.8. The number of carbonyl (C=O) groups is 1. The molecule has 1 fully saturated rings. The molecule has 152 valence electrons. The van der Waals surface area contributed by atoms with E-state index in [0.717, 1.165) is 23.4 Å². The van der Waals surface area contributed by atoms with E-state index in [0.29, 0.717) is 17.8 Å². The van der Waals surface area contributed by atoms with E-state index in [1.807, 2.05) is 29.2 Å². The zero-order chi connectivity index (χ0) is 20.6. The third kappa shape index (κ3) is 3.92. The largest absolute Gasteiger partial charge is 0.385 e. The van der Waals surface area contributed by atoms with Gasteiger partial charge in [-0.2, -0.15) is 4.37 Å². The highest BCUT2D eigenvalue weighted by Gasteiger charge is 2.33. The fraction of sp³-hybridized carbons (Fsp3) is 0.450. The van der Waals surface area contributed by atoms with Gasteiger partial charge in [-0.1, -0.05) is 12.1 Å². The number of benzene rings is 1. The Hall–Kier alpha value is -2.65. The molecule has 1 saturated heterocycles. The van der Waals surface area contributed by atoms with Crippen LogP contribution in [0.15, 0.2) is 36.7 Å². The summed E-state index contributed by atoms with van der Waals surface area (Å²) in [5.41, 5.74) is 1.20. The number of rotatable bonds is 4. The van der Waals surface area contributed by atoms with Crippen LogP contribution in [0.4, 0.5) is 0 Å². The fourth-order valence-electron chi connectivity index (χ4n) is 3.66. The Labute approximate surface area is 173 Å². The average Bonchev–Trinajstić information content (AvgIpc) is 3.40. The molecule has 1 aliphatic heterocycles. The van der Waals surface area contributed by atoms with Crippen molar-refractivity contribution in [1.82, 2.24) is 29.5 Å². The standard InChI is InChI=1S/C20H24N6O2S/c1-13-8-9-14(16-10-18(29-23-16)20(2,3)28)11-25(13)19(27)15-6-4-5-7-17(15)26-22-12-21-24-26/h4-7,10,12-14,28H,8-9,11H2,1-3H3/t13-,14-/m1/s1. The van der Waals surface area contributed by atoms with Crippen molar-refractivity contribution in [1.29, 1.82) is 0 Å². The molecule has 2 aromatic heterocycles. The molecule has 0 bridgehead atoms. The lowest BCUT2D eigenvalue weighted by Crippen LogP contribution is -2.45. The maximum atomic E-state index is 13.4. The molecule has 3 heterocycles. The number of piperidine rings is 1. The molecular weight excluding hydrogens is 388 g/mol. The van der Waals surface area contributed by atoms with Crippen LogP contribution >= 0.6 is 11.5 Å². The Balaban J connectivity index is 1.60. The Morgan fingerprint density at radius 1 is 1.28 bits per heavy atom. The van der Waals surface area contributed by atoms with Crippen LogP contribution in [-0.2, 0) is 5.60 Å². The van der Waals surface area contributed by atoms with Gasteiger partial charge in [0.2, 0.25) is 0 Å². The number of hydrogen-bond acceptors (Lipinski definition) is 7. The summed E-state index contributed by atoms with van der Waals surface area (Å²) in [4.78, 5) is 17.6. The van der Waals surface area contributed by atoms with Gasteiger partial charge in [0.25, 0.3) is 5.91 Å². The van der Waals surface area contributed by atoms with Crippen molar-refractivity contribution in [2.75, 3.05) is 6.54 Å². The Morgan fingerprint density at radius 2 is 2.07 bits per heavy atom. The van der Waals surface area contributed by atoms with Crippen molar-refractivity contribution in [3.8, 4) is 5.69 Å². The molecule has 0 radical (unpaired) electrons. The maximum Gasteiger partial charge on any atom is 0.256 e. The summed E-state index contributed by atoms with van der Waals surface area (Å²) >= 11 is 1.33. The highest BCUT2D eigenvalue weighted by atomic mass is 32.1. The van der Waals surface area contributed by atoms with Crippen LogP contribution in [0.2, 0.25) is 0 Å². The molecule has 0 spiro atoms. The van der Waals surface area contributed by atoms with Crippen LogP contribution in [0.1, 0.15) is 60.5 Å². The minimum atomic E-state index is -0.906. The molecule has 0 saturated carbocycles. The highest BCUT2D eigenvalue weighted by Crippen LogP contribution is 2.34. The van der Waals surface area contributed by atoms with Crippen LogP contribution in [-0.4, -0.2) is 53.1 Å². The Kier molecular flexibility index (Phi) is 5.18. The lowest BCUT2D eigenvalue weighted by molar-refractivity contribution is 0.0607. The molecule has 0 unspecified atom stereocenters. The second-order valence-electron chi connectivity index (χ2n) is 8.00. The van der Waals surface area contributed by atoms with Gasteiger partial charge in [-0.15, -0.1) is 15.0 Å². The fourth-order valence-corrected chi connectivity index (χ4v) is 4.46. The number of amides is 1. The number of aromatic nitrogens is 5. The summed E-state index contributed by atoms with van der Waals surface area (Å²) in [6, 6.07) is 9.41. The Morgan fingerprint density at radius 3 is 2.76 bits per heavy atom. The molecule has 9 heteroatoms. The molecular formula is C20H24N6O2S. The second kappa shape index (κ2) is 7.64. The molecule has 1 N–H and O–H groups in total. The van der Waals surface area contributed by atoms with Gasteiger partial charge < -0.3 is 10.0 Å². The molecule has 4 rings (SSSR count). The van der Waals surface area contributed by atoms with Crippen molar-refractivity contribution in [2.24, 2.45) is 0 Å². The predicted octanol–water partition coefficient (Wildman–Crippen LogP) is 2.75. The van der Waals surface area contributed by atoms with Crippen molar-refractivity contribution < 1.29 is 9.90 Å². The van der Waals surface area contributed by atoms with Gasteiger partial charge in [0, 0.05) is 18.5 Å². The molecule has 29 heavy (non-hydrogen) atoms. The van der Waals surface area contributed by atoms with E-state index in [4.69, 9.17) is 0 Å². The lowest BCUT2D eigenvalue weighted by atomic mass is 9.89. The summed E-state index contributed by atoms with van der Waals surface area (Å²) in [6.07, 6.45) is 3.21. The number of hydrogen-bond donors (Lipinski definition) is 1. The number of para-hydroxylation sites is 1. The number of likely N-dealkylation sites (tertiary alicyclic amines) is 1. The molecule has 2 atom stereocenters. The minimum absolute atomic E-state index is 0.0481. The molecule has 1 amide bonds. The van der Waals surface area contributed by atoms with Gasteiger partial charge in [-0.25, -0.2) is 0 Å². The first-order valence-corrected chi connectivity index (χ1v) is 10.4. The number of aliphatic hydroxyl groups is 1.